The first-order chi connectivity index (χ1) is 8.54. The zero-order valence-corrected chi connectivity index (χ0v) is 10.2. The Hall–Kier alpha value is -1.21. The van der Waals surface area contributed by atoms with E-state index < -0.39 is 17.8 Å². The predicted molar refractivity (Wildman–Crippen MR) is 63.6 cm³/mol. The lowest BCUT2D eigenvalue weighted by molar-refractivity contribution is -0.138. The molecule has 1 aliphatic rings. The lowest BCUT2D eigenvalue weighted by atomic mass is 10.3. The van der Waals surface area contributed by atoms with E-state index in [9.17, 15) is 14.3 Å². The summed E-state index contributed by atoms with van der Waals surface area (Å²) in [6.07, 6.45) is -0.593. The molecule has 1 atom stereocenters. The van der Waals surface area contributed by atoms with E-state index in [1.807, 2.05) is 0 Å². The molecule has 1 fully saturated rings. The SMILES string of the molecule is O=C(CN1C[C@H](O)CO1)Nc1ccc(Cl)cc1F. The van der Waals surface area contributed by atoms with Gasteiger partial charge in [0.25, 0.3) is 0 Å². The number of rotatable bonds is 3. The van der Waals surface area contributed by atoms with Crippen LogP contribution in [-0.4, -0.2) is 41.9 Å². The van der Waals surface area contributed by atoms with Crippen LogP contribution in [-0.2, 0) is 9.63 Å². The molecule has 18 heavy (non-hydrogen) atoms. The first-order valence-corrected chi connectivity index (χ1v) is 5.73. The molecule has 1 aromatic rings. The number of carbonyl (C=O) groups is 1. The minimum absolute atomic E-state index is 0.0594. The summed E-state index contributed by atoms with van der Waals surface area (Å²) in [5.74, 6) is -1.02. The second kappa shape index (κ2) is 5.62. The molecular weight excluding hydrogens is 263 g/mol. The first-order valence-electron chi connectivity index (χ1n) is 5.35. The number of nitrogens with one attached hydrogen (secondary N) is 1. The van der Waals surface area contributed by atoms with Crippen LogP contribution in [0.4, 0.5) is 10.1 Å². The van der Waals surface area contributed by atoms with E-state index in [1.54, 1.807) is 0 Å². The highest BCUT2D eigenvalue weighted by molar-refractivity contribution is 6.30. The average Bonchev–Trinajstić information content (AvgIpc) is 2.68. The molecule has 98 valence electrons. The summed E-state index contributed by atoms with van der Waals surface area (Å²) in [6.45, 7) is 0.359. The Balaban J connectivity index is 1.91. The van der Waals surface area contributed by atoms with Gasteiger partial charge in [0.2, 0.25) is 5.91 Å². The topological polar surface area (TPSA) is 61.8 Å². The standard InChI is InChI=1S/C11H12ClFN2O3/c12-7-1-2-10(9(13)3-7)14-11(17)5-15-4-8(16)6-18-15/h1-3,8,16H,4-6H2,(H,14,17)/t8-/m0/s1. The summed E-state index contributed by atoms with van der Waals surface area (Å²) in [7, 11) is 0. The maximum atomic E-state index is 13.4. The van der Waals surface area contributed by atoms with Gasteiger partial charge in [0.1, 0.15) is 12.4 Å². The van der Waals surface area contributed by atoms with Crippen LogP contribution in [0.5, 0.6) is 0 Å². The number of amides is 1. The van der Waals surface area contributed by atoms with Crippen LogP contribution in [0.2, 0.25) is 5.02 Å². The van der Waals surface area contributed by atoms with Gasteiger partial charge >= 0.3 is 0 Å². The van der Waals surface area contributed by atoms with Gasteiger partial charge in [0.05, 0.1) is 24.9 Å². The molecule has 1 aliphatic heterocycles. The summed E-state index contributed by atoms with van der Waals surface area (Å²) in [6, 6.07) is 3.99. The number of β-amino-alcohol motifs (C(OH)–C–C–N with tert-alkyl or cyclic N) is 1. The van der Waals surface area contributed by atoms with E-state index in [4.69, 9.17) is 16.4 Å². The van der Waals surface area contributed by atoms with Crippen molar-refractivity contribution in [3.05, 3.63) is 29.0 Å². The van der Waals surface area contributed by atoms with E-state index in [0.717, 1.165) is 6.07 Å². The fourth-order valence-corrected chi connectivity index (χ4v) is 1.74. The fourth-order valence-electron chi connectivity index (χ4n) is 1.58. The number of nitrogens with zero attached hydrogens (tertiary/aromatic N) is 1. The van der Waals surface area contributed by atoms with Crippen molar-refractivity contribution in [3.8, 4) is 0 Å². The molecule has 1 aromatic carbocycles. The third kappa shape index (κ3) is 3.39. The Morgan fingerprint density at radius 3 is 3.06 bits per heavy atom. The largest absolute Gasteiger partial charge is 0.389 e. The Morgan fingerprint density at radius 2 is 2.44 bits per heavy atom. The molecule has 1 heterocycles. The van der Waals surface area contributed by atoms with Crippen molar-refractivity contribution in [1.82, 2.24) is 5.06 Å². The molecule has 0 radical (unpaired) electrons. The molecular formula is C11H12ClFN2O3. The maximum Gasteiger partial charge on any atom is 0.241 e. The number of hydroxylamine groups is 2. The average molecular weight is 275 g/mol. The first kappa shape index (κ1) is 13.2. The number of hydrogen-bond acceptors (Lipinski definition) is 4. The molecule has 0 unspecified atom stereocenters. The smallest absolute Gasteiger partial charge is 0.241 e. The second-order valence-electron chi connectivity index (χ2n) is 3.94. The van der Waals surface area contributed by atoms with Gasteiger partial charge in [-0.1, -0.05) is 11.6 Å². The quantitative estimate of drug-likeness (QED) is 0.864. The molecule has 1 amide bonds. The van der Waals surface area contributed by atoms with E-state index >= 15 is 0 Å². The Labute approximate surface area is 108 Å². The number of aliphatic hydroxyl groups is 1. The van der Waals surface area contributed by atoms with Crippen LogP contribution in [0.25, 0.3) is 0 Å². The van der Waals surface area contributed by atoms with Crippen molar-refractivity contribution in [2.24, 2.45) is 0 Å². The van der Waals surface area contributed by atoms with Gasteiger partial charge in [-0.3, -0.25) is 9.63 Å². The van der Waals surface area contributed by atoms with Crippen molar-refractivity contribution in [2.75, 3.05) is 25.0 Å². The summed E-state index contributed by atoms with van der Waals surface area (Å²) < 4.78 is 13.4. The molecule has 0 saturated carbocycles. The summed E-state index contributed by atoms with van der Waals surface area (Å²) in [4.78, 5) is 16.6. The van der Waals surface area contributed by atoms with Crippen molar-refractivity contribution in [2.45, 2.75) is 6.10 Å². The minimum atomic E-state index is -0.599. The van der Waals surface area contributed by atoms with E-state index in [-0.39, 0.29) is 30.4 Å². The van der Waals surface area contributed by atoms with Gasteiger partial charge < -0.3 is 10.4 Å². The Morgan fingerprint density at radius 1 is 1.67 bits per heavy atom. The summed E-state index contributed by atoms with van der Waals surface area (Å²) in [5.41, 5.74) is 0.0594. The molecule has 2 N–H and O–H groups in total. The van der Waals surface area contributed by atoms with Crippen molar-refractivity contribution in [1.29, 1.82) is 0 Å². The molecule has 7 heteroatoms. The third-order valence-corrected chi connectivity index (χ3v) is 2.62. The number of benzene rings is 1. The summed E-state index contributed by atoms with van der Waals surface area (Å²) in [5, 5.41) is 13.2. The van der Waals surface area contributed by atoms with Crippen LogP contribution in [0.1, 0.15) is 0 Å². The lowest BCUT2D eigenvalue weighted by Crippen LogP contribution is -2.31. The monoisotopic (exact) mass is 274 g/mol. The van der Waals surface area contributed by atoms with Crippen molar-refractivity contribution < 1.29 is 19.1 Å². The van der Waals surface area contributed by atoms with Gasteiger partial charge in [-0.2, -0.15) is 5.06 Å². The molecule has 0 spiro atoms. The molecule has 0 aliphatic carbocycles. The highest BCUT2D eigenvalue weighted by Gasteiger charge is 2.23. The molecule has 5 nitrogen and oxygen atoms in total. The number of hydrogen-bond donors (Lipinski definition) is 2. The van der Waals surface area contributed by atoms with E-state index in [2.05, 4.69) is 5.32 Å². The number of carbonyl (C=O) groups excluding carboxylic acids is 1. The maximum absolute atomic E-state index is 13.4. The second-order valence-corrected chi connectivity index (χ2v) is 4.38. The minimum Gasteiger partial charge on any atom is -0.389 e. The van der Waals surface area contributed by atoms with Crippen LogP contribution in [0.3, 0.4) is 0 Å². The molecule has 1 saturated heterocycles. The zero-order valence-electron chi connectivity index (χ0n) is 9.40. The van der Waals surface area contributed by atoms with Crippen LogP contribution in [0.15, 0.2) is 18.2 Å². The van der Waals surface area contributed by atoms with Crippen molar-refractivity contribution >= 4 is 23.2 Å². The summed E-state index contributed by atoms with van der Waals surface area (Å²) >= 11 is 5.60. The van der Waals surface area contributed by atoms with Gasteiger partial charge in [-0.05, 0) is 18.2 Å². The predicted octanol–water partition coefficient (Wildman–Crippen LogP) is 1.03. The Bertz CT molecular complexity index is 458. The van der Waals surface area contributed by atoms with E-state index in [1.165, 1.54) is 17.2 Å². The number of halogens is 2. The fraction of sp³-hybridized carbons (Fsp3) is 0.364. The van der Waals surface area contributed by atoms with Crippen LogP contribution >= 0.6 is 11.6 Å². The normalized spacial score (nSPS) is 20.1. The highest BCUT2D eigenvalue weighted by Crippen LogP contribution is 2.18. The van der Waals surface area contributed by atoms with Crippen LogP contribution in [0, 0.1) is 5.82 Å². The molecule has 0 aromatic heterocycles. The van der Waals surface area contributed by atoms with Gasteiger partial charge in [0, 0.05) is 5.02 Å². The zero-order chi connectivity index (χ0) is 13.1. The van der Waals surface area contributed by atoms with Gasteiger partial charge in [-0.25, -0.2) is 4.39 Å². The third-order valence-electron chi connectivity index (χ3n) is 2.39. The molecule has 0 bridgehead atoms. The van der Waals surface area contributed by atoms with Crippen molar-refractivity contribution in [3.63, 3.8) is 0 Å². The van der Waals surface area contributed by atoms with E-state index in [0.29, 0.717) is 0 Å². The van der Waals surface area contributed by atoms with Crippen LogP contribution < -0.4 is 5.32 Å². The highest BCUT2D eigenvalue weighted by atomic mass is 35.5. The Kier molecular flexibility index (Phi) is 4.13. The van der Waals surface area contributed by atoms with Gasteiger partial charge in [-0.15, -0.1) is 0 Å². The number of anilines is 1. The molecule has 2 rings (SSSR count). The van der Waals surface area contributed by atoms with Gasteiger partial charge in [0.15, 0.2) is 0 Å². The number of aliphatic hydroxyl groups excluding tert-OH is 1. The lowest BCUT2D eigenvalue weighted by Gasteiger charge is -2.13.